The summed E-state index contributed by atoms with van der Waals surface area (Å²) in [6.45, 7) is 6.48. The first-order valence-electron chi connectivity index (χ1n) is 4.61. The van der Waals surface area contributed by atoms with E-state index in [4.69, 9.17) is 5.11 Å². The van der Waals surface area contributed by atoms with Gasteiger partial charge in [-0.05, 0) is 12.7 Å². The molecule has 0 spiro atoms. The summed E-state index contributed by atoms with van der Waals surface area (Å²) in [5, 5.41) is 11.8. The minimum Gasteiger partial charge on any atom is -0.481 e. The highest BCUT2D eigenvalue weighted by Gasteiger charge is 2.11. The fourth-order valence-electron chi connectivity index (χ4n) is 0.819. The molecule has 0 amide bonds. The molecule has 4 heteroatoms. The second kappa shape index (κ2) is 7.21. The third-order valence-electron chi connectivity index (χ3n) is 1.77. The molecule has 0 aliphatic carbocycles. The summed E-state index contributed by atoms with van der Waals surface area (Å²) < 4.78 is 0. The third-order valence-corrected chi connectivity index (χ3v) is 2.91. The van der Waals surface area contributed by atoms with Crippen LogP contribution in [0, 0.1) is 5.92 Å². The number of nitrogens with one attached hydrogen (secondary N) is 1. The van der Waals surface area contributed by atoms with Gasteiger partial charge in [0.2, 0.25) is 0 Å². The van der Waals surface area contributed by atoms with Gasteiger partial charge >= 0.3 is 5.97 Å². The molecular weight excluding hydrogens is 186 g/mol. The first-order valence-corrected chi connectivity index (χ1v) is 5.77. The van der Waals surface area contributed by atoms with E-state index in [0.29, 0.717) is 12.6 Å². The van der Waals surface area contributed by atoms with Crippen LogP contribution < -0.4 is 5.32 Å². The van der Waals surface area contributed by atoms with Gasteiger partial charge in [0.25, 0.3) is 0 Å². The Morgan fingerprint density at radius 1 is 1.54 bits per heavy atom. The molecule has 0 fully saturated rings. The molecule has 0 aromatic carbocycles. The molecule has 3 nitrogen and oxygen atoms in total. The van der Waals surface area contributed by atoms with E-state index < -0.39 is 5.97 Å². The van der Waals surface area contributed by atoms with E-state index in [-0.39, 0.29) is 5.92 Å². The molecule has 0 aliphatic rings. The lowest BCUT2D eigenvalue weighted by molar-refractivity contribution is -0.140. The molecule has 0 aromatic heterocycles. The van der Waals surface area contributed by atoms with E-state index >= 15 is 0 Å². The topological polar surface area (TPSA) is 49.3 Å². The van der Waals surface area contributed by atoms with Crippen molar-refractivity contribution in [1.29, 1.82) is 0 Å². The number of hydrogen-bond donors (Lipinski definition) is 2. The van der Waals surface area contributed by atoms with Crippen molar-refractivity contribution in [1.82, 2.24) is 5.32 Å². The van der Waals surface area contributed by atoms with E-state index in [9.17, 15) is 4.79 Å². The van der Waals surface area contributed by atoms with Crippen LogP contribution in [0.25, 0.3) is 0 Å². The summed E-state index contributed by atoms with van der Waals surface area (Å²) in [7, 11) is 0. The zero-order valence-corrected chi connectivity index (χ0v) is 9.36. The summed E-state index contributed by atoms with van der Waals surface area (Å²) in [4.78, 5) is 10.5. The van der Waals surface area contributed by atoms with Gasteiger partial charge in [-0.15, -0.1) is 0 Å². The molecule has 0 aliphatic heterocycles. The molecule has 0 heterocycles. The molecule has 0 saturated carbocycles. The number of rotatable bonds is 7. The van der Waals surface area contributed by atoms with Crippen LogP contribution in [0.15, 0.2) is 0 Å². The quantitative estimate of drug-likeness (QED) is 0.660. The van der Waals surface area contributed by atoms with E-state index in [0.717, 1.165) is 11.5 Å². The SMILES string of the molecule is CCSCC(C)NCC(C)C(=O)O. The molecule has 0 rings (SSSR count). The van der Waals surface area contributed by atoms with Gasteiger partial charge in [-0.1, -0.05) is 13.8 Å². The number of thioether (sulfide) groups is 1. The highest BCUT2D eigenvalue weighted by molar-refractivity contribution is 7.99. The number of carbonyl (C=O) groups is 1. The van der Waals surface area contributed by atoms with Gasteiger partial charge in [-0.2, -0.15) is 11.8 Å². The Morgan fingerprint density at radius 2 is 2.15 bits per heavy atom. The van der Waals surface area contributed by atoms with Crippen LogP contribution in [0.4, 0.5) is 0 Å². The van der Waals surface area contributed by atoms with E-state index in [1.165, 1.54) is 0 Å². The molecule has 0 saturated heterocycles. The zero-order chi connectivity index (χ0) is 10.3. The van der Waals surface area contributed by atoms with Gasteiger partial charge in [-0.25, -0.2) is 0 Å². The molecule has 78 valence electrons. The maximum atomic E-state index is 10.5. The predicted octanol–water partition coefficient (Wildman–Crippen LogP) is 1.44. The summed E-state index contributed by atoms with van der Waals surface area (Å²) in [5.74, 6) is 1.13. The Morgan fingerprint density at radius 3 is 2.62 bits per heavy atom. The van der Waals surface area contributed by atoms with Gasteiger partial charge in [0.15, 0.2) is 0 Å². The van der Waals surface area contributed by atoms with Crippen molar-refractivity contribution in [3.05, 3.63) is 0 Å². The standard InChI is InChI=1S/C9H19NO2S/c1-4-13-6-8(3)10-5-7(2)9(11)12/h7-8,10H,4-6H2,1-3H3,(H,11,12). The second-order valence-corrected chi connectivity index (χ2v) is 4.53. The second-order valence-electron chi connectivity index (χ2n) is 3.21. The van der Waals surface area contributed by atoms with Crippen LogP contribution in [-0.4, -0.2) is 35.2 Å². The Hall–Kier alpha value is -0.220. The molecule has 2 unspecified atom stereocenters. The molecular formula is C9H19NO2S. The average molecular weight is 205 g/mol. The zero-order valence-electron chi connectivity index (χ0n) is 8.54. The maximum absolute atomic E-state index is 10.5. The first-order chi connectivity index (χ1) is 6.07. The average Bonchev–Trinajstić information content (AvgIpc) is 2.10. The molecule has 13 heavy (non-hydrogen) atoms. The third kappa shape index (κ3) is 6.90. The lowest BCUT2D eigenvalue weighted by Crippen LogP contribution is -2.34. The molecule has 0 bridgehead atoms. The van der Waals surface area contributed by atoms with E-state index in [1.807, 2.05) is 11.8 Å². The largest absolute Gasteiger partial charge is 0.481 e. The fraction of sp³-hybridized carbons (Fsp3) is 0.889. The molecule has 2 N–H and O–H groups in total. The van der Waals surface area contributed by atoms with Crippen LogP contribution in [0.2, 0.25) is 0 Å². The number of hydrogen-bond acceptors (Lipinski definition) is 3. The van der Waals surface area contributed by atoms with Gasteiger partial charge in [0.1, 0.15) is 0 Å². The Bertz CT molecular complexity index is 153. The minimum atomic E-state index is -0.733. The van der Waals surface area contributed by atoms with Crippen molar-refractivity contribution in [3.8, 4) is 0 Å². The van der Waals surface area contributed by atoms with Crippen molar-refractivity contribution in [3.63, 3.8) is 0 Å². The van der Waals surface area contributed by atoms with Crippen LogP contribution in [0.5, 0.6) is 0 Å². The predicted molar refractivity (Wildman–Crippen MR) is 57.3 cm³/mol. The van der Waals surface area contributed by atoms with Crippen LogP contribution >= 0.6 is 11.8 Å². The monoisotopic (exact) mass is 205 g/mol. The summed E-state index contributed by atoms with van der Waals surface area (Å²) in [6.07, 6.45) is 0. The van der Waals surface area contributed by atoms with Crippen molar-refractivity contribution in [2.24, 2.45) is 5.92 Å². The Labute approximate surface area is 84.3 Å². The minimum absolute atomic E-state index is 0.297. The number of carboxylic acid groups (broad SMARTS) is 1. The Kier molecular flexibility index (Phi) is 7.09. The lowest BCUT2D eigenvalue weighted by atomic mass is 10.2. The highest BCUT2D eigenvalue weighted by atomic mass is 32.2. The van der Waals surface area contributed by atoms with Crippen molar-refractivity contribution in [2.45, 2.75) is 26.8 Å². The normalized spacial score (nSPS) is 15.3. The van der Waals surface area contributed by atoms with Gasteiger partial charge in [0.05, 0.1) is 5.92 Å². The van der Waals surface area contributed by atoms with Gasteiger partial charge in [-0.3, -0.25) is 4.79 Å². The lowest BCUT2D eigenvalue weighted by Gasteiger charge is -2.14. The summed E-state index contributed by atoms with van der Waals surface area (Å²) in [5.41, 5.74) is 0. The van der Waals surface area contributed by atoms with Crippen LogP contribution in [0.3, 0.4) is 0 Å². The fourth-order valence-corrected chi connectivity index (χ4v) is 1.53. The highest BCUT2D eigenvalue weighted by Crippen LogP contribution is 2.02. The summed E-state index contributed by atoms with van der Waals surface area (Å²) in [6, 6.07) is 0.395. The van der Waals surface area contributed by atoms with Gasteiger partial charge < -0.3 is 10.4 Å². The van der Waals surface area contributed by atoms with Crippen molar-refractivity contribution < 1.29 is 9.90 Å². The molecule has 0 aromatic rings. The van der Waals surface area contributed by atoms with E-state index in [1.54, 1.807) is 6.92 Å². The number of carboxylic acids is 1. The molecule has 0 radical (unpaired) electrons. The number of aliphatic carboxylic acids is 1. The smallest absolute Gasteiger partial charge is 0.307 e. The van der Waals surface area contributed by atoms with E-state index in [2.05, 4.69) is 19.2 Å². The van der Waals surface area contributed by atoms with Gasteiger partial charge in [0, 0.05) is 18.3 Å². The van der Waals surface area contributed by atoms with Crippen molar-refractivity contribution >= 4 is 17.7 Å². The molecule has 2 atom stereocenters. The first kappa shape index (κ1) is 12.8. The summed E-state index contributed by atoms with van der Waals surface area (Å²) >= 11 is 1.87. The van der Waals surface area contributed by atoms with Crippen molar-refractivity contribution in [2.75, 3.05) is 18.1 Å². The van der Waals surface area contributed by atoms with Crippen LogP contribution in [0.1, 0.15) is 20.8 Å². The maximum Gasteiger partial charge on any atom is 0.307 e. The Balaban J connectivity index is 3.45. The van der Waals surface area contributed by atoms with Crippen LogP contribution in [-0.2, 0) is 4.79 Å².